The molecule has 0 radical (unpaired) electrons. The second-order valence-corrected chi connectivity index (χ2v) is 8.96. The molecule has 1 fully saturated rings. The quantitative estimate of drug-likeness (QED) is 0.450. The molecule has 1 aliphatic rings. The normalized spacial score (nSPS) is 15.3. The van der Waals surface area contributed by atoms with Crippen LogP contribution in [0.25, 0.3) is 11.3 Å². The maximum atomic E-state index is 12.5. The van der Waals surface area contributed by atoms with E-state index in [-0.39, 0.29) is 4.90 Å². The van der Waals surface area contributed by atoms with Crippen molar-refractivity contribution in [2.75, 3.05) is 37.2 Å². The molecule has 1 aliphatic heterocycles. The Bertz CT molecular complexity index is 897. The lowest BCUT2D eigenvalue weighted by Crippen LogP contribution is -2.36. The lowest BCUT2D eigenvalue weighted by Gasteiger charge is -2.22. The second-order valence-electron chi connectivity index (χ2n) is 7.20. The molecular formula is C19H29N7O2S. The highest BCUT2D eigenvalue weighted by Gasteiger charge is 2.19. The van der Waals surface area contributed by atoms with Gasteiger partial charge in [0.15, 0.2) is 0 Å². The summed E-state index contributed by atoms with van der Waals surface area (Å²) in [5.41, 5.74) is 7.14. The number of nitrogens with one attached hydrogen (secondary N) is 3. The molecule has 0 saturated carbocycles. The molecule has 5 N–H and O–H groups in total. The maximum Gasteiger partial charge on any atom is 0.242 e. The van der Waals surface area contributed by atoms with E-state index in [1.54, 1.807) is 12.3 Å². The third-order valence-corrected chi connectivity index (χ3v) is 6.38. The summed E-state index contributed by atoms with van der Waals surface area (Å²) in [4.78, 5) is 12.9. The lowest BCUT2D eigenvalue weighted by atomic mass is 9.99. The number of nitrogens with zero attached hydrogens (tertiary/aromatic N) is 3. The van der Waals surface area contributed by atoms with Gasteiger partial charge in [0, 0.05) is 25.5 Å². The highest BCUT2D eigenvalue weighted by Crippen LogP contribution is 2.23. The summed E-state index contributed by atoms with van der Waals surface area (Å²) < 4.78 is 27.8. The van der Waals surface area contributed by atoms with Crippen LogP contribution in [0.5, 0.6) is 0 Å². The van der Waals surface area contributed by atoms with E-state index >= 15 is 0 Å². The summed E-state index contributed by atoms with van der Waals surface area (Å²) in [6.07, 6.45) is 6.99. The van der Waals surface area contributed by atoms with Crippen molar-refractivity contribution in [3.8, 4) is 11.3 Å². The summed E-state index contributed by atoms with van der Waals surface area (Å²) in [5.74, 6) is 1.13. The molecule has 0 aromatic carbocycles. The fourth-order valence-corrected chi connectivity index (χ4v) is 4.21. The molecule has 1 saturated heterocycles. The summed E-state index contributed by atoms with van der Waals surface area (Å²) >= 11 is 0. The van der Waals surface area contributed by atoms with Crippen LogP contribution in [0.1, 0.15) is 32.6 Å². The number of aromatic nitrogens is 3. The molecule has 0 spiro atoms. The number of sulfonamides is 1. The number of unbranched alkanes of at least 4 members (excludes halogenated alkanes) is 1. The molecule has 0 atom stereocenters. The average Bonchev–Trinajstić information content (AvgIpc) is 2.74. The van der Waals surface area contributed by atoms with Gasteiger partial charge in [0.25, 0.3) is 0 Å². The predicted octanol–water partition coefficient (Wildman–Crippen LogP) is 1.61. The third-order valence-electron chi connectivity index (χ3n) is 4.98. The molecule has 0 aliphatic carbocycles. The number of rotatable bonds is 9. The summed E-state index contributed by atoms with van der Waals surface area (Å²) in [6, 6.07) is 3.15. The summed E-state index contributed by atoms with van der Waals surface area (Å²) in [6.45, 7) is 5.19. The molecule has 29 heavy (non-hydrogen) atoms. The first-order valence-electron chi connectivity index (χ1n) is 10.0. The van der Waals surface area contributed by atoms with Crippen molar-refractivity contribution in [2.24, 2.45) is 5.92 Å². The van der Waals surface area contributed by atoms with Crippen LogP contribution >= 0.6 is 0 Å². The van der Waals surface area contributed by atoms with Crippen LogP contribution in [0.3, 0.4) is 0 Å². The zero-order chi connectivity index (χ0) is 20.7. The van der Waals surface area contributed by atoms with Crippen molar-refractivity contribution < 1.29 is 8.42 Å². The summed E-state index contributed by atoms with van der Waals surface area (Å²) in [7, 11) is -3.59. The molecule has 0 amide bonds. The van der Waals surface area contributed by atoms with Gasteiger partial charge in [-0.15, -0.1) is 0 Å². The van der Waals surface area contributed by atoms with Crippen LogP contribution in [-0.4, -0.2) is 49.5 Å². The van der Waals surface area contributed by atoms with Crippen molar-refractivity contribution in [3.63, 3.8) is 0 Å². The Morgan fingerprint density at radius 2 is 2.00 bits per heavy atom. The van der Waals surface area contributed by atoms with Crippen LogP contribution in [0.2, 0.25) is 0 Å². The lowest BCUT2D eigenvalue weighted by molar-refractivity contribution is 0.372. The number of nitrogens with two attached hydrogens (primary N) is 1. The van der Waals surface area contributed by atoms with E-state index in [0.29, 0.717) is 35.5 Å². The van der Waals surface area contributed by atoms with Gasteiger partial charge in [0.1, 0.15) is 10.7 Å². The Balaban J connectivity index is 1.66. The molecular weight excluding hydrogens is 390 g/mol. The van der Waals surface area contributed by atoms with Gasteiger partial charge in [-0.25, -0.2) is 18.1 Å². The Labute approximate surface area is 172 Å². The molecule has 2 aromatic heterocycles. The van der Waals surface area contributed by atoms with Crippen molar-refractivity contribution in [2.45, 2.75) is 37.5 Å². The zero-order valence-electron chi connectivity index (χ0n) is 16.7. The van der Waals surface area contributed by atoms with Gasteiger partial charge in [0.2, 0.25) is 16.0 Å². The van der Waals surface area contributed by atoms with Gasteiger partial charge in [0.05, 0.1) is 11.3 Å². The highest BCUT2D eigenvalue weighted by molar-refractivity contribution is 7.89. The van der Waals surface area contributed by atoms with Crippen LogP contribution in [0, 0.1) is 5.92 Å². The van der Waals surface area contributed by atoms with Gasteiger partial charge in [-0.1, -0.05) is 13.3 Å². The Hall–Kier alpha value is -2.30. The van der Waals surface area contributed by atoms with E-state index in [9.17, 15) is 8.42 Å². The first-order chi connectivity index (χ1) is 14.0. The number of hydrogen-bond acceptors (Lipinski definition) is 8. The molecule has 10 heteroatoms. The van der Waals surface area contributed by atoms with Crippen LogP contribution < -0.4 is 21.1 Å². The number of pyridine rings is 1. The zero-order valence-corrected chi connectivity index (χ0v) is 17.5. The molecule has 158 valence electrons. The van der Waals surface area contributed by atoms with Gasteiger partial charge in [-0.05, 0) is 50.4 Å². The number of anilines is 2. The first kappa shape index (κ1) is 21.4. The van der Waals surface area contributed by atoms with Crippen LogP contribution in [0.4, 0.5) is 11.8 Å². The Kier molecular flexibility index (Phi) is 7.34. The maximum absolute atomic E-state index is 12.5. The Morgan fingerprint density at radius 1 is 1.21 bits per heavy atom. The molecule has 2 aromatic rings. The number of piperidine rings is 1. The van der Waals surface area contributed by atoms with Crippen LogP contribution in [0.15, 0.2) is 29.4 Å². The Morgan fingerprint density at radius 3 is 2.66 bits per heavy atom. The smallest absolute Gasteiger partial charge is 0.242 e. The molecule has 3 rings (SSSR count). The van der Waals surface area contributed by atoms with Gasteiger partial charge in [-0.3, -0.25) is 4.98 Å². The second kappa shape index (κ2) is 9.95. The van der Waals surface area contributed by atoms with E-state index in [1.807, 2.05) is 0 Å². The van der Waals surface area contributed by atoms with Gasteiger partial charge in [-0.2, -0.15) is 4.98 Å². The molecule has 3 heterocycles. The molecule has 9 nitrogen and oxygen atoms in total. The largest absolute Gasteiger partial charge is 0.383 e. The van der Waals surface area contributed by atoms with E-state index in [0.717, 1.165) is 45.3 Å². The highest BCUT2D eigenvalue weighted by atomic mass is 32.2. The van der Waals surface area contributed by atoms with Crippen molar-refractivity contribution >= 4 is 21.8 Å². The fourth-order valence-electron chi connectivity index (χ4n) is 3.15. The minimum absolute atomic E-state index is 0.132. The fraction of sp³-hybridized carbons (Fsp3) is 0.526. The molecule has 0 unspecified atom stereocenters. The standard InChI is InChI=1S/C19H29N7O2S/c1-2-3-8-22-19-24-13-16(18(20)26-19)17-5-4-15(12-23-17)29(27,28)25-11-14-6-9-21-10-7-14/h4-5,12-14,21,25H,2-3,6-11H2,1H3,(H3,20,22,24,26). The van der Waals surface area contributed by atoms with Crippen molar-refractivity contribution in [1.29, 1.82) is 0 Å². The van der Waals surface area contributed by atoms with E-state index in [2.05, 4.69) is 37.2 Å². The molecule has 0 bridgehead atoms. The van der Waals surface area contributed by atoms with E-state index in [1.165, 1.54) is 12.3 Å². The van der Waals surface area contributed by atoms with Crippen LogP contribution in [-0.2, 0) is 10.0 Å². The number of hydrogen-bond donors (Lipinski definition) is 4. The predicted molar refractivity (Wildman–Crippen MR) is 114 cm³/mol. The topological polar surface area (TPSA) is 135 Å². The van der Waals surface area contributed by atoms with E-state index < -0.39 is 10.0 Å². The van der Waals surface area contributed by atoms with Gasteiger partial charge >= 0.3 is 0 Å². The monoisotopic (exact) mass is 419 g/mol. The van der Waals surface area contributed by atoms with Crippen molar-refractivity contribution in [1.82, 2.24) is 25.0 Å². The minimum Gasteiger partial charge on any atom is -0.383 e. The van der Waals surface area contributed by atoms with E-state index in [4.69, 9.17) is 5.73 Å². The van der Waals surface area contributed by atoms with Gasteiger partial charge < -0.3 is 16.4 Å². The van der Waals surface area contributed by atoms with Crippen molar-refractivity contribution in [3.05, 3.63) is 24.5 Å². The average molecular weight is 420 g/mol. The SMILES string of the molecule is CCCCNc1ncc(-c2ccc(S(=O)(=O)NCC3CCNCC3)cn2)c(N)n1. The summed E-state index contributed by atoms with van der Waals surface area (Å²) in [5, 5.41) is 6.40. The minimum atomic E-state index is -3.59. The number of nitrogen functional groups attached to an aromatic ring is 1. The third kappa shape index (κ3) is 5.84. The first-order valence-corrected chi connectivity index (χ1v) is 11.5.